The zero-order valence-electron chi connectivity index (χ0n) is 32.9. The lowest BCUT2D eigenvalue weighted by atomic mass is 9.82. The lowest BCUT2D eigenvalue weighted by molar-refractivity contribution is 0.660. The highest BCUT2D eigenvalue weighted by atomic mass is 32.1. The smallest absolute Gasteiger partial charge is 0.0541 e. The van der Waals surface area contributed by atoms with Gasteiger partial charge in [0.05, 0.1) is 11.0 Å². The molecule has 0 saturated heterocycles. The Labute approximate surface area is 348 Å². The third-order valence-electron chi connectivity index (χ3n) is 12.8. The van der Waals surface area contributed by atoms with Crippen molar-refractivity contribution in [3.8, 4) is 61.3 Å². The van der Waals surface area contributed by atoms with Crippen LogP contribution in [0.4, 0.5) is 0 Å². The maximum Gasteiger partial charge on any atom is 0.0541 e. The van der Waals surface area contributed by atoms with Crippen molar-refractivity contribution < 1.29 is 0 Å². The summed E-state index contributed by atoms with van der Waals surface area (Å²) >= 11 is 1.89. The molecule has 1 aliphatic rings. The van der Waals surface area contributed by atoms with E-state index in [0.29, 0.717) is 0 Å². The lowest BCUT2D eigenvalue weighted by Gasteiger charge is -2.22. The summed E-state index contributed by atoms with van der Waals surface area (Å²) in [4.78, 5) is 0. The normalized spacial score (nSPS) is 13.1. The summed E-state index contributed by atoms with van der Waals surface area (Å²) in [6.07, 6.45) is 0. The van der Waals surface area contributed by atoms with E-state index in [-0.39, 0.29) is 5.41 Å². The molecule has 0 unspecified atom stereocenters. The van der Waals surface area contributed by atoms with Gasteiger partial charge in [0.15, 0.2) is 0 Å². The van der Waals surface area contributed by atoms with Gasteiger partial charge in [-0.2, -0.15) is 0 Å². The van der Waals surface area contributed by atoms with Crippen molar-refractivity contribution in [3.05, 3.63) is 211 Å². The topological polar surface area (TPSA) is 4.93 Å². The first-order valence-corrected chi connectivity index (χ1v) is 21.3. The Morgan fingerprint density at radius 1 is 0.356 bits per heavy atom. The highest BCUT2D eigenvalue weighted by Crippen LogP contribution is 2.50. The van der Waals surface area contributed by atoms with Crippen LogP contribution < -0.4 is 0 Å². The molecular formula is C57H39NS. The van der Waals surface area contributed by atoms with E-state index in [1.165, 1.54) is 114 Å². The molecule has 278 valence electrons. The van der Waals surface area contributed by atoms with Crippen LogP contribution in [-0.2, 0) is 5.41 Å². The highest BCUT2D eigenvalue weighted by Gasteiger charge is 2.35. The van der Waals surface area contributed by atoms with E-state index in [9.17, 15) is 0 Å². The molecule has 0 aliphatic heterocycles. The quantitative estimate of drug-likeness (QED) is 0.164. The molecule has 9 aromatic carbocycles. The second-order valence-electron chi connectivity index (χ2n) is 16.5. The predicted molar refractivity (Wildman–Crippen MR) is 253 cm³/mol. The summed E-state index contributed by atoms with van der Waals surface area (Å²) in [6, 6.07) is 74.4. The molecule has 0 N–H and O–H groups in total. The maximum atomic E-state index is 2.46. The minimum Gasteiger partial charge on any atom is -0.309 e. The van der Waals surface area contributed by atoms with Gasteiger partial charge < -0.3 is 4.57 Å². The number of fused-ring (bicyclic) bond motifs is 9. The molecule has 2 aromatic heterocycles. The Morgan fingerprint density at radius 3 is 1.80 bits per heavy atom. The van der Waals surface area contributed by atoms with Gasteiger partial charge in [-0.25, -0.2) is 0 Å². The lowest BCUT2D eigenvalue weighted by Crippen LogP contribution is -2.15. The van der Waals surface area contributed by atoms with Crippen molar-refractivity contribution in [1.29, 1.82) is 0 Å². The molecule has 2 heterocycles. The molecule has 2 heteroatoms. The second-order valence-corrected chi connectivity index (χ2v) is 17.6. The minimum absolute atomic E-state index is 0.0708. The average molecular weight is 770 g/mol. The Bertz CT molecular complexity index is 3450. The zero-order valence-corrected chi connectivity index (χ0v) is 33.7. The second kappa shape index (κ2) is 13.0. The fourth-order valence-corrected chi connectivity index (χ4v) is 11.1. The highest BCUT2D eigenvalue weighted by molar-refractivity contribution is 7.26. The first kappa shape index (κ1) is 34.1. The largest absolute Gasteiger partial charge is 0.309 e. The standard InChI is InChI=1S/C57H39NS/c1-57(2)51-20-9-6-15-45(51)46-29-28-43(35-52(46)57)58-53-21-10-7-16-47(53)50-34-39(27-30-54(50)58)41-31-40(38-25-23-37(24-26-38)36-13-4-3-5-14-36)32-42(33-41)44-18-12-19-49-48-17-8-11-22-55(48)59-56(44)49/h3-35H,1-2H3. The van der Waals surface area contributed by atoms with Crippen LogP contribution in [0, 0.1) is 0 Å². The number of nitrogens with zero attached hydrogens (tertiary/aromatic N) is 1. The van der Waals surface area contributed by atoms with E-state index < -0.39 is 0 Å². The Kier molecular flexibility index (Phi) is 7.51. The molecule has 59 heavy (non-hydrogen) atoms. The van der Waals surface area contributed by atoms with Crippen LogP contribution in [-0.4, -0.2) is 4.57 Å². The number of hydrogen-bond acceptors (Lipinski definition) is 1. The fraction of sp³-hybridized carbons (Fsp3) is 0.0526. The molecular weight excluding hydrogens is 731 g/mol. The van der Waals surface area contributed by atoms with E-state index in [2.05, 4.69) is 219 Å². The number of hydrogen-bond donors (Lipinski definition) is 0. The number of thiophene rings is 1. The number of rotatable bonds is 5. The minimum atomic E-state index is -0.0708. The summed E-state index contributed by atoms with van der Waals surface area (Å²) in [6.45, 7) is 4.72. The van der Waals surface area contributed by atoms with Gasteiger partial charge in [0.1, 0.15) is 0 Å². The number of para-hydroxylation sites is 1. The van der Waals surface area contributed by atoms with Crippen LogP contribution in [0.5, 0.6) is 0 Å². The Morgan fingerprint density at radius 2 is 0.949 bits per heavy atom. The number of aromatic nitrogens is 1. The van der Waals surface area contributed by atoms with Gasteiger partial charge in [0, 0.05) is 42.0 Å². The van der Waals surface area contributed by atoms with Crippen LogP contribution in [0.15, 0.2) is 200 Å². The van der Waals surface area contributed by atoms with Crippen molar-refractivity contribution in [1.82, 2.24) is 4.57 Å². The molecule has 11 aromatic rings. The molecule has 0 atom stereocenters. The summed E-state index contributed by atoms with van der Waals surface area (Å²) in [5.41, 5.74) is 18.8. The van der Waals surface area contributed by atoms with Gasteiger partial charge in [-0.05, 0) is 121 Å². The zero-order chi connectivity index (χ0) is 39.2. The van der Waals surface area contributed by atoms with Crippen LogP contribution in [0.25, 0.3) is 103 Å². The summed E-state index contributed by atoms with van der Waals surface area (Å²) in [5.74, 6) is 0. The first-order chi connectivity index (χ1) is 29.0. The Hall–Kier alpha value is -7.00. The average Bonchev–Trinajstić information content (AvgIpc) is 3.92. The summed E-state index contributed by atoms with van der Waals surface area (Å²) in [5, 5.41) is 5.15. The van der Waals surface area contributed by atoms with Gasteiger partial charge in [0.25, 0.3) is 0 Å². The SMILES string of the molecule is CC1(C)c2ccccc2-c2ccc(-n3c4ccccc4c4cc(-c5cc(-c6ccc(-c7ccccc7)cc6)cc(-c6cccc7c6sc6ccccc67)c5)ccc43)cc21. The third-order valence-corrected chi connectivity index (χ3v) is 14.0. The van der Waals surface area contributed by atoms with E-state index in [1.54, 1.807) is 0 Å². The van der Waals surface area contributed by atoms with Crippen LogP contribution in [0.3, 0.4) is 0 Å². The molecule has 12 rings (SSSR count). The van der Waals surface area contributed by atoms with Crippen molar-refractivity contribution in [2.24, 2.45) is 0 Å². The number of benzene rings is 9. The van der Waals surface area contributed by atoms with Crippen LogP contribution in [0.1, 0.15) is 25.0 Å². The van der Waals surface area contributed by atoms with Crippen molar-refractivity contribution >= 4 is 53.3 Å². The van der Waals surface area contributed by atoms with Gasteiger partial charge >= 0.3 is 0 Å². The third kappa shape index (κ3) is 5.30. The van der Waals surface area contributed by atoms with Gasteiger partial charge in [-0.3, -0.25) is 0 Å². The molecule has 0 radical (unpaired) electrons. The van der Waals surface area contributed by atoms with Crippen LogP contribution in [0.2, 0.25) is 0 Å². The molecule has 0 bridgehead atoms. The van der Waals surface area contributed by atoms with E-state index in [1.807, 2.05) is 11.3 Å². The van der Waals surface area contributed by atoms with Gasteiger partial charge in [-0.15, -0.1) is 11.3 Å². The van der Waals surface area contributed by atoms with Crippen molar-refractivity contribution in [3.63, 3.8) is 0 Å². The molecule has 1 nitrogen and oxygen atoms in total. The van der Waals surface area contributed by atoms with Gasteiger partial charge in [0.2, 0.25) is 0 Å². The summed E-state index contributed by atoms with van der Waals surface area (Å²) in [7, 11) is 0. The van der Waals surface area contributed by atoms with Crippen molar-refractivity contribution in [2.75, 3.05) is 0 Å². The summed E-state index contributed by atoms with van der Waals surface area (Å²) < 4.78 is 5.11. The van der Waals surface area contributed by atoms with Gasteiger partial charge in [-0.1, -0.05) is 159 Å². The monoisotopic (exact) mass is 769 g/mol. The van der Waals surface area contributed by atoms with Crippen LogP contribution >= 0.6 is 11.3 Å². The maximum absolute atomic E-state index is 2.46. The van der Waals surface area contributed by atoms with E-state index >= 15 is 0 Å². The first-order valence-electron chi connectivity index (χ1n) is 20.5. The fourth-order valence-electron chi connectivity index (χ4n) is 9.84. The molecule has 0 saturated carbocycles. The van der Waals surface area contributed by atoms with E-state index in [0.717, 1.165) is 0 Å². The molecule has 0 fully saturated rings. The molecule has 0 spiro atoms. The van der Waals surface area contributed by atoms with Crippen molar-refractivity contribution in [2.45, 2.75) is 19.3 Å². The molecule has 0 amide bonds. The Balaban J connectivity index is 1.04. The molecule has 1 aliphatic carbocycles. The van der Waals surface area contributed by atoms with E-state index in [4.69, 9.17) is 0 Å². The predicted octanol–water partition coefficient (Wildman–Crippen LogP) is 16.1.